The molecule has 1 aromatic carbocycles. The summed E-state index contributed by atoms with van der Waals surface area (Å²) in [6, 6.07) is 11.1. The van der Waals surface area contributed by atoms with Crippen LogP contribution in [0.3, 0.4) is 0 Å². The van der Waals surface area contributed by atoms with Gasteiger partial charge in [-0.25, -0.2) is 0 Å². The fourth-order valence-corrected chi connectivity index (χ4v) is 2.37. The molecule has 1 heterocycles. The first kappa shape index (κ1) is 12.1. The second kappa shape index (κ2) is 5.31. The third-order valence-electron chi connectivity index (χ3n) is 3.74. The molecule has 17 heavy (non-hydrogen) atoms. The van der Waals surface area contributed by atoms with E-state index in [-0.39, 0.29) is 0 Å². The second-order valence-corrected chi connectivity index (χ2v) is 4.72. The number of nitrogens with zero attached hydrogens (tertiary/aromatic N) is 2. The summed E-state index contributed by atoms with van der Waals surface area (Å²) in [5.74, 6) is 0. The second-order valence-electron chi connectivity index (χ2n) is 4.72. The minimum absolute atomic E-state index is 0.396. The number of rotatable bonds is 3. The van der Waals surface area contributed by atoms with Gasteiger partial charge in [0, 0.05) is 18.6 Å². The van der Waals surface area contributed by atoms with Crippen LogP contribution < -0.4 is 5.32 Å². The standard InChI is InChI=1S/C14H19N3/c1-11(17(2)14-7-8-16-10-14)13-5-3-12(9-15)4-6-13/h3-6,11,14,16H,7-8,10H2,1-2H3. The van der Waals surface area contributed by atoms with Crippen LogP contribution in [0.2, 0.25) is 0 Å². The van der Waals surface area contributed by atoms with Gasteiger partial charge in [-0.3, -0.25) is 4.90 Å². The number of nitrogens with one attached hydrogen (secondary N) is 1. The molecule has 0 bridgehead atoms. The zero-order valence-electron chi connectivity index (χ0n) is 10.5. The normalized spacial score (nSPS) is 21.4. The maximum atomic E-state index is 8.78. The van der Waals surface area contributed by atoms with Gasteiger partial charge < -0.3 is 5.32 Å². The van der Waals surface area contributed by atoms with Crippen molar-refractivity contribution >= 4 is 0 Å². The molecule has 1 aliphatic heterocycles. The largest absolute Gasteiger partial charge is 0.315 e. The van der Waals surface area contributed by atoms with Gasteiger partial charge >= 0.3 is 0 Å². The molecule has 0 amide bonds. The fraction of sp³-hybridized carbons (Fsp3) is 0.500. The molecule has 0 saturated carbocycles. The van der Waals surface area contributed by atoms with Crippen LogP contribution in [-0.4, -0.2) is 31.1 Å². The smallest absolute Gasteiger partial charge is 0.0991 e. The molecule has 2 unspecified atom stereocenters. The number of benzene rings is 1. The summed E-state index contributed by atoms with van der Waals surface area (Å²) in [6.45, 7) is 4.42. The van der Waals surface area contributed by atoms with Crippen molar-refractivity contribution in [2.75, 3.05) is 20.1 Å². The molecule has 2 rings (SSSR count). The third-order valence-corrected chi connectivity index (χ3v) is 3.74. The Hall–Kier alpha value is -1.37. The Balaban J connectivity index is 2.07. The van der Waals surface area contributed by atoms with Crippen molar-refractivity contribution in [1.29, 1.82) is 5.26 Å². The highest BCUT2D eigenvalue weighted by atomic mass is 15.2. The molecule has 90 valence electrons. The number of nitriles is 1. The minimum atomic E-state index is 0.396. The SMILES string of the molecule is CC(c1ccc(C#N)cc1)N(C)C1CCNC1. The van der Waals surface area contributed by atoms with Crippen molar-refractivity contribution in [3.8, 4) is 6.07 Å². The van der Waals surface area contributed by atoms with Crippen LogP contribution in [-0.2, 0) is 0 Å². The monoisotopic (exact) mass is 229 g/mol. The Morgan fingerprint density at radius 1 is 1.41 bits per heavy atom. The number of hydrogen-bond acceptors (Lipinski definition) is 3. The van der Waals surface area contributed by atoms with E-state index in [1.165, 1.54) is 12.0 Å². The Bertz CT molecular complexity index is 398. The van der Waals surface area contributed by atoms with Crippen LogP contribution in [0, 0.1) is 11.3 Å². The van der Waals surface area contributed by atoms with Crippen LogP contribution in [0.5, 0.6) is 0 Å². The molecule has 0 aromatic heterocycles. The van der Waals surface area contributed by atoms with E-state index in [1.807, 2.05) is 12.1 Å². The molecule has 0 aliphatic carbocycles. The van der Waals surface area contributed by atoms with E-state index in [1.54, 1.807) is 0 Å². The molecule has 3 nitrogen and oxygen atoms in total. The Kier molecular flexibility index (Phi) is 3.78. The van der Waals surface area contributed by atoms with E-state index in [4.69, 9.17) is 5.26 Å². The average Bonchev–Trinajstić information content (AvgIpc) is 2.91. The van der Waals surface area contributed by atoms with Crippen molar-refractivity contribution in [3.63, 3.8) is 0 Å². The maximum absolute atomic E-state index is 8.78. The van der Waals surface area contributed by atoms with E-state index >= 15 is 0 Å². The fourth-order valence-electron chi connectivity index (χ4n) is 2.37. The molecule has 3 heteroatoms. The zero-order chi connectivity index (χ0) is 12.3. The van der Waals surface area contributed by atoms with Gasteiger partial charge in [0.1, 0.15) is 0 Å². The van der Waals surface area contributed by atoms with E-state index in [0.29, 0.717) is 12.1 Å². The van der Waals surface area contributed by atoms with E-state index in [2.05, 4.69) is 42.4 Å². The van der Waals surface area contributed by atoms with Gasteiger partial charge in [-0.15, -0.1) is 0 Å². The lowest BCUT2D eigenvalue weighted by atomic mass is 10.0. The molecular weight excluding hydrogens is 210 g/mol. The highest BCUT2D eigenvalue weighted by Gasteiger charge is 2.23. The Labute approximate surface area is 103 Å². The molecular formula is C14H19N3. The third kappa shape index (κ3) is 2.66. The van der Waals surface area contributed by atoms with Crippen LogP contribution in [0.1, 0.15) is 30.5 Å². The van der Waals surface area contributed by atoms with E-state index < -0.39 is 0 Å². The quantitative estimate of drug-likeness (QED) is 0.860. The molecule has 1 aliphatic rings. The predicted molar refractivity (Wildman–Crippen MR) is 68.6 cm³/mol. The highest BCUT2D eigenvalue weighted by molar-refractivity contribution is 5.32. The van der Waals surface area contributed by atoms with Crippen LogP contribution >= 0.6 is 0 Å². The van der Waals surface area contributed by atoms with Gasteiger partial charge in [0.15, 0.2) is 0 Å². The Morgan fingerprint density at radius 3 is 2.65 bits per heavy atom. The van der Waals surface area contributed by atoms with Crippen molar-refractivity contribution < 1.29 is 0 Å². The molecule has 0 radical (unpaired) electrons. The average molecular weight is 229 g/mol. The van der Waals surface area contributed by atoms with Gasteiger partial charge in [0.25, 0.3) is 0 Å². The first-order chi connectivity index (χ1) is 8.22. The predicted octanol–water partition coefficient (Wildman–Crippen LogP) is 1.91. The maximum Gasteiger partial charge on any atom is 0.0991 e. The lowest BCUT2D eigenvalue weighted by Gasteiger charge is -2.30. The zero-order valence-corrected chi connectivity index (χ0v) is 10.5. The molecule has 2 atom stereocenters. The summed E-state index contributed by atoms with van der Waals surface area (Å²) >= 11 is 0. The summed E-state index contributed by atoms with van der Waals surface area (Å²) in [6.07, 6.45) is 1.22. The topological polar surface area (TPSA) is 39.1 Å². The van der Waals surface area contributed by atoms with Crippen molar-refractivity contribution in [1.82, 2.24) is 10.2 Å². The van der Waals surface area contributed by atoms with Crippen LogP contribution in [0.4, 0.5) is 0 Å². The summed E-state index contributed by atoms with van der Waals surface area (Å²) in [4.78, 5) is 2.42. The van der Waals surface area contributed by atoms with Crippen molar-refractivity contribution in [2.24, 2.45) is 0 Å². The minimum Gasteiger partial charge on any atom is -0.315 e. The molecule has 0 spiro atoms. The number of hydrogen-bond donors (Lipinski definition) is 1. The summed E-state index contributed by atoms with van der Waals surface area (Å²) < 4.78 is 0. The lowest BCUT2D eigenvalue weighted by molar-refractivity contribution is 0.197. The van der Waals surface area contributed by atoms with Crippen molar-refractivity contribution in [3.05, 3.63) is 35.4 Å². The Morgan fingerprint density at radius 2 is 2.12 bits per heavy atom. The van der Waals surface area contributed by atoms with Gasteiger partial charge in [-0.2, -0.15) is 5.26 Å². The first-order valence-electron chi connectivity index (χ1n) is 6.15. The first-order valence-corrected chi connectivity index (χ1v) is 6.15. The molecule has 1 fully saturated rings. The molecule has 1 N–H and O–H groups in total. The van der Waals surface area contributed by atoms with Gasteiger partial charge in [-0.1, -0.05) is 12.1 Å². The lowest BCUT2D eigenvalue weighted by Crippen LogP contribution is -2.35. The highest BCUT2D eigenvalue weighted by Crippen LogP contribution is 2.23. The summed E-state index contributed by atoms with van der Waals surface area (Å²) in [7, 11) is 2.18. The van der Waals surface area contributed by atoms with Gasteiger partial charge in [0.05, 0.1) is 11.6 Å². The summed E-state index contributed by atoms with van der Waals surface area (Å²) in [5, 5.41) is 12.2. The summed E-state index contributed by atoms with van der Waals surface area (Å²) in [5.41, 5.74) is 2.00. The van der Waals surface area contributed by atoms with E-state index in [9.17, 15) is 0 Å². The van der Waals surface area contributed by atoms with Gasteiger partial charge in [-0.05, 0) is 44.6 Å². The van der Waals surface area contributed by atoms with Gasteiger partial charge in [0.2, 0.25) is 0 Å². The molecule has 1 aromatic rings. The van der Waals surface area contributed by atoms with Crippen LogP contribution in [0.25, 0.3) is 0 Å². The van der Waals surface area contributed by atoms with Crippen LogP contribution in [0.15, 0.2) is 24.3 Å². The molecule has 1 saturated heterocycles. The van der Waals surface area contributed by atoms with Crippen molar-refractivity contribution in [2.45, 2.75) is 25.4 Å². The van der Waals surface area contributed by atoms with E-state index in [0.717, 1.165) is 18.7 Å². The number of likely N-dealkylation sites (N-methyl/N-ethyl adjacent to an activating group) is 1.